The molecule has 11 heavy (non-hydrogen) atoms. The zero-order chi connectivity index (χ0) is 8.10. The maximum absolute atomic E-state index is 2.34. The Hall–Kier alpha value is 0.0901. The summed E-state index contributed by atoms with van der Waals surface area (Å²) in [6.45, 7) is 4.69. The molecule has 58 valence electrons. The summed E-state index contributed by atoms with van der Waals surface area (Å²) in [5, 5.41) is 0. The van der Waals surface area contributed by atoms with E-state index in [0.717, 1.165) is 0 Å². The van der Waals surface area contributed by atoms with Crippen molar-refractivity contribution in [2.75, 3.05) is 0 Å². The Balaban J connectivity index is 2.74. The molecule has 0 saturated carbocycles. The first kappa shape index (κ1) is 9.18. The van der Waals surface area contributed by atoms with E-state index >= 15 is 0 Å². The van der Waals surface area contributed by atoms with Crippen LogP contribution in [0.4, 0.5) is 0 Å². The molecule has 0 bridgehead atoms. The number of benzene rings is 1. The molecule has 0 aromatic heterocycles. The van der Waals surface area contributed by atoms with Crippen LogP contribution in [0.1, 0.15) is 13.8 Å². The van der Waals surface area contributed by atoms with Gasteiger partial charge in [-0.25, -0.2) is 0 Å². The van der Waals surface area contributed by atoms with Gasteiger partial charge in [0, 0.05) is 0 Å². The van der Waals surface area contributed by atoms with Crippen LogP contribution in [-0.4, -0.2) is 21.4 Å². The van der Waals surface area contributed by atoms with Crippen molar-refractivity contribution in [3.05, 3.63) is 30.3 Å². The average molecular weight is 250 g/mol. The summed E-state index contributed by atoms with van der Waals surface area (Å²) in [6, 6.07) is 11.1. The Labute approximate surface area is 77.2 Å². The first-order valence-electron chi connectivity index (χ1n) is 4.43. The van der Waals surface area contributed by atoms with Gasteiger partial charge in [-0.05, 0) is 0 Å². The van der Waals surface area contributed by atoms with Crippen molar-refractivity contribution in [1.82, 2.24) is 0 Å². The molecular formula is C10H15In. The van der Waals surface area contributed by atoms with Crippen molar-refractivity contribution >= 4 is 24.8 Å². The molecule has 0 spiro atoms. The topological polar surface area (TPSA) is 0 Å². The SMILES string of the molecule is C[CH2][In]([CH2]C)[c]1ccccc1. The minimum atomic E-state index is -1.22. The third kappa shape index (κ3) is 2.55. The normalized spacial score (nSPS) is 9.64. The van der Waals surface area contributed by atoms with E-state index in [1.54, 1.807) is 3.32 Å². The summed E-state index contributed by atoms with van der Waals surface area (Å²) < 4.78 is 4.61. The molecule has 1 heteroatoms. The van der Waals surface area contributed by atoms with Gasteiger partial charge in [0.2, 0.25) is 0 Å². The van der Waals surface area contributed by atoms with Gasteiger partial charge in [-0.15, -0.1) is 0 Å². The summed E-state index contributed by atoms with van der Waals surface area (Å²) in [5.41, 5.74) is 0. The molecule has 1 rings (SSSR count). The van der Waals surface area contributed by atoms with E-state index in [-0.39, 0.29) is 0 Å². The first-order chi connectivity index (χ1) is 5.38. The molecule has 0 nitrogen and oxygen atoms in total. The van der Waals surface area contributed by atoms with Crippen LogP contribution in [0, 0.1) is 0 Å². The maximum atomic E-state index is 2.34. The molecule has 0 aliphatic carbocycles. The van der Waals surface area contributed by atoms with E-state index in [0.29, 0.717) is 0 Å². The third-order valence-corrected chi connectivity index (χ3v) is 11.7. The number of hydrogen-bond acceptors (Lipinski definition) is 0. The summed E-state index contributed by atoms with van der Waals surface area (Å²) >= 11 is -1.22. The van der Waals surface area contributed by atoms with Crippen LogP contribution in [0.2, 0.25) is 8.35 Å². The van der Waals surface area contributed by atoms with Crippen LogP contribution in [-0.2, 0) is 0 Å². The van der Waals surface area contributed by atoms with E-state index in [4.69, 9.17) is 0 Å². The Kier molecular flexibility index (Phi) is 4.06. The molecule has 1 aromatic rings. The molecule has 0 fully saturated rings. The van der Waals surface area contributed by atoms with Crippen LogP contribution in [0.25, 0.3) is 0 Å². The summed E-state index contributed by atoms with van der Waals surface area (Å²) in [4.78, 5) is 0. The van der Waals surface area contributed by atoms with Gasteiger partial charge >= 0.3 is 77.3 Å². The van der Waals surface area contributed by atoms with E-state index in [2.05, 4.69) is 44.2 Å². The molecule has 0 atom stereocenters. The Morgan fingerprint density at radius 1 is 1.00 bits per heavy atom. The third-order valence-electron chi connectivity index (χ3n) is 2.26. The quantitative estimate of drug-likeness (QED) is 0.772. The van der Waals surface area contributed by atoms with Crippen LogP contribution in [0.3, 0.4) is 0 Å². The van der Waals surface area contributed by atoms with Gasteiger partial charge in [0.05, 0.1) is 0 Å². The van der Waals surface area contributed by atoms with Crippen molar-refractivity contribution in [3.8, 4) is 0 Å². The van der Waals surface area contributed by atoms with Crippen molar-refractivity contribution < 1.29 is 0 Å². The standard InChI is InChI=1S/C6H5.2C2H5.In/c1-2-4-6-5-3-1;2*1-2;/h1-5H;2*1H2,2H3;. The average Bonchev–Trinajstić information content (AvgIpc) is 2.09. The van der Waals surface area contributed by atoms with Gasteiger partial charge in [0.15, 0.2) is 0 Å². The minimum absolute atomic E-state index is 1.22. The van der Waals surface area contributed by atoms with Gasteiger partial charge in [-0.3, -0.25) is 0 Å². The van der Waals surface area contributed by atoms with Crippen LogP contribution >= 0.6 is 0 Å². The number of rotatable bonds is 3. The predicted octanol–water partition coefficient (Wildman–Crippen LogP) is 2.43. The fourth-order valence-electron chi connectivity index (χ4n) is 1.49. The zero-order valence-corrected chi connectivity index (χ0v) is 10.7. The zero-order valence-electron chi connectivity index (χ0n) is 7.38. The number of hydrogen-bond donors (Lipinski definition) is 0. The molecule has 0 saturated heterocycles. The molecule has 0 heterocycles. The Bertz CT molecular complexity index is 189. The fraction of sp³-hybridized carbons (Fsp3) is 0.400. The molecule has 0 amide bonds. The van der Waals surface area contributed by atoms with Gasteiger partial charge < -0.3 is 0 Å². The van der Waals surface area contributed by atoms with Crippen molar-refractivity contribution in [2.24, 2.45) is 0 Å². The second kappa shape index (κ2) is 4.87. The molecule has 0 aliphatic rings. The molecule has 0 aliphatic heterocycles. The Morgan fingerprint density at radius 3 is 2.00 bits per heavy atom. The molecule has 0 N–H and O–H groups in total. The van der Waals surface area contributed by atoms with Crippen LogP contribution < -0.4 is 3.32 Å². The fourth-order valence-corrected chi connectivity index (χ4v) is 8.01. The summed E-state index contributed by atoms with van der Waals surface area (Å²) in [6.07, 6.45) is 0. The monoisotopic (exact) mass is 250 g/mol. The van der Waals surface area contributed by atoms with Crippen LogP contribution in [0.15, 0.2) is 30.3 Å². The van der Waals surface area contributed by atoms with Crippen molar-refractivity contribution in [1.29, 1.82) is 0 Å². The van der Waals surface area contributed by atoms with E-state index < -0.39 is 21.4 Å². The molecular weight excluding hydrogens is 235 g/mol. The van der Waals surface area contributed by atoms with Gasteiger partial charge in [-0.1, -0.05) is 0 Å². The first-order valence-corrected chi connectivity index (χ1v) is 10.7. The molecule has 1 aromatic carbocycles. The van der Waals surface area contributed by atoms with E-state index in [9.17, 15) is 0 Å². The summed E-state index contributed by atoms with van der Waals surface area (Å²) in [7, 11) is 0. The molecule has 0 radical (unpaired) electrons. The van der Waals surface area contributed by atoms with Gasteiger partial charge in [-0.2, -0.15) is 0 Å². The second-order valence-electron chi connectivity index (χ2n) is 2.92. The Morgan fingerprint density at radius 2 is 1.55 bits per heavy atom. The van der Waals surface area contributed by atoms with E-state index in [1.165, 1.54) is 8.35 Å². The second-order valence-corrected chi connectivity index (χ2v) is 13.5. The van der Waals surface area contributed by atoms with E-state index in [1.807, 2.05) is 0 Å². The van der Waals surface area contributed by atoms with Gasteiger partial charge in [0.25, 0.3) is 0 Å². The van der Waals surface area contributed by atoms with Crippen molar-refractivity contribution in [2.45, 2.75) is 22.2 Å². The molecule has 0 unspecified atom stereocenters. The predicted molar refractivity (Wildman–Crippen MR) is 52.8 cm³/mol. The van der Waals surface area contributed by atoms with Crippen molar-refractivity contribution in [3.63, 3.8) is 0 Å². The van der Waals surface area contributed by atoms with Crippen LogP contribution in [0.5, 0.6) is 0 Å². The summed E-state index contributed by atoms with van der Waals surface area (Å²) in [5.74, 6) is 0. The van der Waals surface area contributed by atoms with Gasteiger partial charge in [0.1, 0.15) is 0 Å².